The molecule has 0 aliphatic rings. The van der Waals surface area contributed by atoms with Gasteiger partial charge in [0, 0.05) is 18.7 Å². The average Bonchev–Trinajstić information content (AvgIpc) is 3.15. The molecule has 0 spiro atoms. The molecule has 6 nitrogen and oxygen atoms in total. The number of thiazole rings is 1. The topological polar surface area (TPSA) is 62.0 Å². The first-order chi connectivity index (χ1) is 15.7. The third-order valence-corrected chi connectivity index (χ3v) is 5.97. The largest absolute Gasteiger partial charge is 0.494 e. The van der Waals surface area contributed by atoms with Crippen molar-refractivity contribution in [3.63, 3.8) is 0 Å². The van der Waals surface area contributed by atoms with Gasteiger partial charge in [0.1, 0.15) is 17.0 Å². The molecule has 0 atom stereocenters. The predicted molar refractivity (Wildman–Crippen MR) is 129 cm³/mol. The van der Waals surface area contributed by atoms with E-state index in [1.54, 1.807) is 12.1 Å². The summed E-state index contributed by atoms with van der Waals surface area (Å²) in [6.07, 6.45) is 3.28. The summed E-state index contributed by atoms with van der Waals surface area (Å²) in [6, 6.07) is 13.2. The molecule has 0 saturated carbocycles. The molecular weight excluding hydrogens is 424 g/mol. The monoisotopic (exact) mass is 456 g/mol. The maximum atomic E-state index is 13.0. The zero-order valence-corrected chi connectivity index (χ0v) is 20.0. The molecule has 0 saturated heterocycles. The highest BCUT2D eigenvalue weighted by Crippen LogP contribution is 2.27. The molecule has 1 amide bonds. The van der Waals surface area contributed by atoms with Gasteiger partial charge in [-0.25, -0.2) is 0 Å². The second-order valence-corrected chi connectivity index (χ2v) is 8.28. The van der Waals surface area contributed by atoms with E-state index in [1.165, 1.54) is 11.3 Å². The molecule has 1 aromatic heterocycles. The van der Waals surface area contributed by atoms with Gasteiger partial charge in [-0.15, -0.1) is 0 Å². The summed E-state index contributed by atoms with van der Waals surface area (Å²) in [6.45, 7) is 9.06. The van der Waals surface area contributed by atoms with Crippen molar-refractivity contribution in [3.05, 3.63) is 52.8 Å². The smallest absolute Gasteiger partial charge is 0.279 e. The number of hydrogen-bond donors (Lipinski definition) is 0. The molecule has 3 rings (SSSR count). The first-order valence-electron chi connectivity index (χ1n) is 11.3. The number of hydrogen-bond acceptors (Lipinski definition) is 5. The van der Waals surface area contributed by atoms with E-state index in [0.29, 0.717) is 49.1 Å². The average molecular weight is 457 g/mol. The lowest BCUT2D eigenvalue weighted by molar-refractivity contribution is 0.0996. The highest BCUT2D eigenvalue weighted by atomic mass is 32.1. The van der Waals surface area contributed by atoms with Crippen molar-refractivity contribution in [2.24, 2.45) is 4.99 Å². The molecule has 2 aromatic carbocycles. The molecule has 0 unspecified atom stereocenters. The lowest BCUT2D eigenvalue weighted by Gasteiger charge is -2.10. The second kappa shape index (κ2) is 12.4. The van der Waals surface area contributed by atoms with Crippen LogP contribution in [-0.4, -0.2) is 36.9 Å². The second-order valence-electron chi connectivity index (χ2n) is 7.27. The molecule has 7 heteroatoms. The summed E-state index contributed by atoms with van der Waals surface area (Å²) in [7, 11) is 0. The zero-order valence-electron chi connectivity index (χ0n) is 19.1. The van der Waals surface area contributed by atoms with Crippen molar-refractivity contribution in [2.75, 3.05) is 26.4 Å². The van der Waals surface area contributed by atoms with Gasteiger partial charge < -0.3 is 18.8 Å². The number of carbonyl (C=O) groups is 1. The van der Waals surface area contributed by atoms with Crippen molar-refractivity contribution in [1.29, 1.82) is 0 Å². The summed E-state index contributed by atoms with van der Waals surface area (Å²) in [5.41, 5.74) is 1.45. The van der Waals surface area contributed by atoms with Crippen molar-refractivity contribution in [1.82, 2.24) is 4.57 Å². The van der Waals surface area contributed by atoms with Crippen molar-refractivity contribution in [3.8, 4) is 11.5 Å². The molecular formula is C25H32N2O4S. The van der Waals surface area contributed by atoms with Gasteiger partial charge in [-0.2, -0.15) is 4.99 Å². The summed E-state index contributed by atoms with van der Waals surface area (Å²) >= 11 is 1.48. The third kappa shape index (κ3) is 6.20. The summed E-state index contributed by atoms with van der Waals surface area (Å²) < 4.78 is 20.2. The van der Waals surface area contributed by atoms with Crippen molar-refractivity contribution in [2.45, 2.75) is 46.6 Å². The standard InChI is InChI=1S/C25H32N2O4S/c1-4-7-8-16-31-20-12-9-11-19(18-20)24(28)26-25-27(15-17-29-5-2)23-21(30-6-3)13-10-14-22(23)32-25/h9-14,18H,4-8,15-17H2,1-3H3. The number of nitrogens with zero attached hydrogens (tertiary/aromatic N) is 2. The van der Waals surface area contributed by atoms with Crippen molar-refractivity contribution < 1.29 is 19.0 Å². The molecule has 0 N–H and O–H groups in total. The van der Waals surface area contributed by atoms with E-state index < -0.39 is 0 Å². The fourth-order valence-corrected chi connectivity index (χ4v) is 4.45. The molecule has 0 aliphatic heterocycles. The van der Waals surface area contributed by atoms with Crippen LogP contribution in [0.1, 0.15) is 50.4 Å². The van der Waals surface area contributed by atoms with E-state index in [9.17, 15) is 4.79 Å². The van der Waals surface area contributed by atoms with Crippen LogP contribution in [0.25, 0.3) is 10.2 Å². The fourth-order valence-electron chi connectivity index (χ4n) is 3.37. The first-order valence-corrected chi connectivity index (χ1v) is 12.1. The zero-order chi connectivity index (χ0) is 22.8. The maximum Gasteiger partial charge on any atom is 0.279 e. The lowest BCUT2D eigenvalue weighted by atomic mass is 10.2. The van der Waals surface area contributed by atoms with Crippen LogP contribution in [0.5, 0.6) is 11.5 Å². The van der Waals surface area contributed by atoms with Crippen LogP contribution in [0.4, 0.5) is 0 Å². The molecule has 0 aliphatic carbocycles. The Labute approximate surface area is 193 Å². The fraction of sp³-hybridized carbons (Fsp3) is 0.440. The highest BCUT2D eigenvalue weighted by Gasteiger charge is 2.14. The number of fused-ring (bicyclic) bond motifs is 1. The molecule has 172 valence electrons. The molecule has 1 heterocycles. The number of carbonyl (C=O) groups excluding carboxylic acids is 1. The van der Waals surface area contributed by atoms with E-state index in [4.69, 9.17) is 14.2 Å². The van der Waals surface area contributed by atoms with E-state index in [2.05, 4.69) is 11.9 Å². The maximum absolute atomic E-state index is 13.0. The lowest BCUT2D eigenvalue weighted by Crippen LogP contribution is -2.20. The number of rotatable bonds is 12. The van der Waals surface area contributed by atoms with Gasteiger partial charge in [0.05, 0.1) is 24.5 Å². The first kappa shape index (κ1) is 24.0. The van der Waals surface area contributed by atoms with Crippen LogP contribution in [-0.2, 0) is 11.3 Å². The van der Waals surface area contributed by atoms with Crippen LogP contribution >= 0.6 is 11.3 Å². The van der Waals surface area contributed by atoms with E-state index in [1.807, 2.05) is 48.7 Å². The Kier molecular flexibility index (Phi) is 9.31. The van der Waals surface area contributed by atoms with Gasteiger partial charge in [0.2, 0.25) is 0 Å². The van der Waals surface area contributed by atoms with E-state index in [0.717, 1.165) is 35.2 Å². The van der Waals surface area contributed by atoms with Gasteiger partial charge >= 0.3 is 0 Å². The Morgan fingerprint density at radius 1 is 1.00 bits per heavy atom. The molecule has 32 heavy (non-hydrogen) atoms. The van der Waals surface area contributed by atoms with Crippen LogP contribution in [0, 0.1) is 0 Å². The Morgan fingerprint density at radius 3 is 2.62 bits per heavy atom. The number of ether oxygens (including phenoxy) is 3. The van der Waals surface area contributed by atoms with Gasteiger partial charge in [0.25, 0.3) is 5.91 Å². The molecule has 0 radical (unpaired) electrons. The Balaban J connectivity index is 1.93. The van der Waals surface area contributed by atoms with E-state index >= 15 is 0 Å². The van der Waals surface area contributed by atoms with Gasteiger partial charge in [-0.3, -0.25) is 4.79 Å². The number of benzene rings is 2. The van der Waals surface area contributed by atoms with Gasteiger partial charge in [-0.1, -0.05) is 43.2 Å². The Hall–Kier alpha value is -2.64. The van der Waals surface area contributed by atoms with Crippen LogP contribution in [0.15, 0.2) is 47.5 Å². The predicted octanol–water partition coefficient (Wildman–Crippen LogP) is 5.45. The SMILES string of the molecule is CCCCCOc1cccc(C(=O)N=c2sc3cccc(OCC)c3n2CCOCC)c1. The quantitative estimate of drug-likeness (QED) is 0.340. The number of amides is 1. The van der Waals surface area contributed by atoms with E-state index in [-0.39, 0.29) is 5.91 Å². The van der Waals surface area contributed by atoms with Gasteiger partial charge in [0.15, 0.2) is 4.80 Å². The molecule has 3 aromatic rings. The minimum Gasteiger partial charge on any atom is -0.494 e. The van der Waals surface area contributed by atoms with Crippen LogP contribution in [0.2, 0.25) is 0 Å². The van der Waals surface area contributed by atoms with Gasteiger partial charge in [-0.05, 0) is 50.6 Å². The molecule has 0 fully saturated rings. The van der Waals surface area contributed by atoms with Crippen molar-refractivity contribution >= 4 is 27.5 Å². The highest BCUT2D eigenvalue weighted by molar-refractivity contribution is 7.16. The number of aromatic nitrogens is 1. The van der Waals surface area contributed by atoms with Crippen LogP contribution < -0.4 is 14.3 Å². The Bertz CT molecular complexity index is 1090. The normalized spacial score (nSPS) is 11.8. The summed E-state index contributed by atoms with van der Waals surface area (Å²) in [5.74, 6) is 1.19. The summed E-state index contributed by atoms with van der Waals surface area (Å²) in [5, 5.41) is 0. The third-order valence-electron chi connectivity index (χ3n) is 4.92. The summed E-state index contributed by atoms with van der Waals surface area (Å²) in [4.78, 5) is 18.1. The molecule has 0 bridgehead atoms. The number of unbranched alkanes of at least 4 members (excludes halogenated alkanes) is 2. The minimum atomic E-state index is -0.293. The minimum absolute atomic E-state index is 0.293. The number of para-hydroxylation sites is 1. The van der Waals surface area contributed by atoms with Crippen LogP contribution in [0.3, 0.4) is 0 Å². The Morgan fingerprint density at radius 2 is 1.84 bits per heavy atom.